The Hall–Kier alpha value is -4.47. The Labute approximate surface area is 213 Å². The van der Waals surface area contributed by atoms with Crippen molar-refractivity contribution in [3.05, 3.63) is 65.9 Å². The molecule has 0 unspecified atom stereocenters. The highest BCUT2D eigenvalue weighted by molar-refractivity contribution is 6.45. The normalized spacial score (nSPS) is 15.4. The van der Waals surface area contributed by atoms with Crippen molar-refractivity contribution < 1.29 is 28.7 Å². The van der Waals surface area contributed by atoms with Crippen LogP contribution >= 0.6 is 0 Å². The molecule has 0 radical (unpaired) electrons. The second-order valence-electron chi connectivity index (χ2n) is 8.85. The lowest BCUT2D eigenvalue weighted by Crippen LogP contribution is -2.56. The van der Waals surface area contributed by atoms with E-state index in [1.807, 2.05) is 13.0 Å². The number of benzene rings is 2. The molecule has 37 heavy (non-hydrogen) atoms. The Morgan fingerprint density at radius 1 is 1.00 bits per heavy atom. The van der Waals surface area contributed by atoms with Crippen LogP contribution in [0.2, 0.25) is 0 Å². The third kappa shape index (κ3) is 5.53. The van der Waals surface area contributed by atoms with E-state index in [1.165, 1.54) is 18.2 Å². The molecule has 192 valence electrons. The second kappa shape index (κ2) is 11.1. The van der Waals surface area contributed by atoms with E-state index in [9.17, 15) is 24.0 Å². The van der Waals surface area contributed by atoms with Crippen molar-refractivity contribution >= 4 is 46.1 Å². The van der Waals surface area contributed by atoms with E-state index in [2.05, 4.69) is 15.0 Å². The fourth-order valence-electron chi connectivity index (χ4n) is 4.43. The first-order valence-corrected chi connectivity index (χ1v) is 12.0. The largest absolute Gasteiger partial charge is 0.469 e. The van der Waals surface area contributed by atoms with E-state index in [4.69, 9.17) is 0 Å². The number of hydrogen-bond donors (Lipinski definition) is 2. The number of fused-ring (bicyclic) bond motifs is 1. The lowest BCUT2D eigenvalue weighted by molar-refractivity contribution is -0.141. The number of aromatic amines is 1. The number of nitrogens with zero attached hydrogens (tertiary/aromatic N) is 2. The number of hydrogen-bond acceptors (Lipinski definition) is 6. The van der Waals surface area contributed by atoms with Gasteiger partial charge in [0.05, 0.1) is 30.3 Å². The molecular formula is C27H28N4O6. The van der Waals surface area contributed by atoms with Crippen LogP contribution in [0.1, 0.15) is 40.5 Å². The van der Waals surface area contributed by atoms with Gasteiger partial charge in [0.1, 0.15) is 0 Å². The quantitative estimate of drug-likeness (QED) is 0.289. The first kappa shape index (κ1) is 25.6. The molecule has 3 amide bonds. The summed E-state index contributed by atoms with van der Waals surface area (Å²) in [5.74, 6) is -2.29. The van der Waals surface area contributed by atoms with Crippen LogP contribution in [0, 0.1) is 0 Å². The standard InChI is InChI=1S/C27H28N4O6/c1-17-16-30(26(35)18-7-4-3-5-8-18)13-14-31(17)27(36)25(34)20-15-28-24-19(20)9-6-10-21(24)29-22(32)11-12-23(33)37-2/h3-10,15,17,28H,11-14,16H2,1-2H3,(H,29,32)/t17-/m1/s1. The zero-order valence-electron chi connectivity index (χ0n) is 20.7. The van der Waals surface area contributed by atoms with Crippen molar-refractivity contribution in [2.45, 2.75) is 25.8 Å². The van der Waals surface area contributed by atoms with Gasteiger partial charge in [-0.25, -0.2) is 0 Å². The molecule has 1 aliphatic heterocycles. The summed E-state index contributed by atoms with van der Waals surface area (Å²) in [6.45, 7) is 2.70. The zero-order valence-corrected chi connectivity index (χ0v) is 20.7. The van der Waals surface area contributed by atoms with Crippen molar-refractivity contribution in [3.63, 3.8) is 0 Å². The smallest absolute Gasteiger partial charge is 0.306 e. The van der Waals surface area contributed by atoms with Gasteiger partial charge in [-0.1, -0.05) is 30.3 Å². The van der Waals surface area contributed by atoms with Crippen molar-refractivity contribution in [1.82, 2.24) is 14.8 Å². The number of anilines is 1. The molecule has 1 atom stereocenters. The molecule has 1 aliphatic rings. The predicted octanol–water partition coefficient (Wildman–Crippen LogP) is 2.62. The lowest BCUT2D eigenvalue weighted by Gasteiger charge is -2.39. The van der Waals surface area contributed by atoms with E-state index in [-0.39, 0.29) is 42.8 Å². The minimum atomic E-state index is -0.671. The molecule has 2 N–H and O–H groups in total. The van der Waals surface area contributed by atoms with Gasteiger partial charge in [0.2, 0.25) is 5.91 Å². The van der Waals surface area contributed by atoms with E-state index >= 15 is 0 Å². The number of methoxy groups -OCH3 is 1. The van der Waals surface area contributed by atoms with E-state index < -0.39 is 17.7 Å². The molecule has 1 aromatic heterocycles. The van der Waals surface area contributed by atoms with Crippen LogP contribution in [-0.4, -0.2) is 77.0 Å². The summed E-state index contributed by atoms with van der Waals surface area (Å²) in [5, 5.41) is 3.22. The van der Waals surface area contributed by atoms with Gasteiger partial charge in [-0.3, -0.25) is 24.0 Å². The molecule has 4 rings (SSSR count). The summed E-state index contributed by atoms with van der Waals surface area (Å²) in [6.07, 6.45) is 1.35. The van der Waals surface area contributed by atoms with Gasteiger partial charge >= 0.3 is 5.97 Å². The Bertz CT molecular complexity index is 1350. The van der Waals surface area contributed by atoms with Crippen molar-refractivity contribution in [1.29, 1.82) is 0 Å². The first-order chi connectivity index (χ1) is 17.8. The molecule has 10 heteroatoms. The number of aromatic nitrogens is 1. The van der Waals surface area contributed by atoms with Gasteiger partial charge in [0.25, 0.3) is 17.6 Å². The van der Waals surface area contributed by atoms with Crippen molar-refractivity contribution in [2.24, 2.45) is 0 Å². The van der Waals surface area contributed by atoms with Crippen LogP contribution in [0.15, 0.2) is 54.7 Å². The summed E-state index contributed by atoms with van der Waals surface area (Å²) < 4.78 is 4.55. The zero-order chi connectivity index (χ0) is 26.5. The highest BCUT2D eigenvalue weighted by atomic mass is 16.5. The number of piperazine rings is 1. The summed E-state index contributed by atoms with van der Waals surface area (Å²) in [7, 11) is 1.25. The number of para-hydroxylation sites is 1. The fourth-order valence-corrected chi connectivity index (χ4v) is 4.43. The number of H-pyrrole nitrogens is 1. The number of Topliss-reactive ketones (excluding diaryl/α,β-unsaturated/α-hetero) is 1. The van der Waals surface area contributed by atoms with Crippen LogP contribution in [-0.2, 0) is 19.1 Å². The highest BCUT2D eigenvalue weighted by Gasteiger charge is 2.34. The van der Waals surface area contributed by atoms with Crippen LogP contribution in [0.4, 0.5) is 5.69 Å². The first-order valence-electron chi connectivity index (χ1n) is 12.0. The maximum atomic E-state index is 13.2. The molecule has 2 heterocycles. The molecule has 0 saturated carbocycles. The number of esters is 1. The van der Waals surface area contributed by atoms with Crippen molar-refractivity contribution in [3.8, 4) is 0 Å². The fraction of sp³-hybridized carbons (Fsp3) is 0.296. The van der Waals surface area contributed by atoms with Crippen LogP contribution in [0.5, 0.6) is 0 Å². The Morgan fingerprint density at radius 3 is 2.46 bits per heavy atom. The molecular weight excluding hydrogens is 476 g/mol. The number of nitrogens with one attached hydrogen (secondary N) is 2. The van der Waals surface area contributed by atoms with Gasteiger partial charge in [0, 0.05) is 49.2 Å². The second-order valence-corrected chi connectivity index (χ2v) is 8.85. The van der Waals surface area contributed by atoms with Gasteiger partial charge < -0.3 is 24.8 Å². The Balaban J connectivity index is 1.44. The minimum Gasteiger partial charge on any atom is -0.469 e. The maximum Gasteiger partial charge on any atom is 0.306 e. The Kier molecular flexibility index (Phi) is 7.66. The van der Waals surface area contributed by atoms with Gasteiger partial charge in [-0.05, 0) is 25.1 Å². The minimum absolute atomic E-state index is 0.0509. The summed E-state index contributed by atoms with van der Waals surface area (Å²) >= 11 is 0. The number of carbonyl (C=O) groups excluding carboxylic acids is 5. The number of rotatable bonds is 7. The average Bonchev–Trinajstić information content (AvgIpc) is 3.36. The molecule has 1 saturated heterocycles. The molecule has 0 spiro atoms. The van der Waals surface area contributed by atoms with Gasteiger partial charge in [-0.15, -0.1) is 0 Å². The Morgan fingerprint density at radius 2 is 1.76 bits per heavy atom. The molecule has 0 bridgehead atoms. The SMILES string of the molecule is COC(=O)CCC(=O)Nc1cccc2c(C(=O)C(=O)N3CCN(C(=O)c4ccccc4)C[C@H]3C)c[nH]c12. The number of carbonyl (C=O) groups is 5. The molecule has 10 nitrogen and oxygen atoms in total. The third-order valence-corrected chi connectivity index (χ3v) is 6.41. The van der Waals surface area contributed by atoms with Crippen LogP contribution in [0.3, 0.4) is 0 Å². The van der Waals surface area contributed by atoms with Gasteiger partial charge in [-0.2, -0.15) is 0 Å². The predicted molar refractivity (Wildman–Crippen MR) is 136 cm³/mol. The molecule has 1 fully saturated rings. The third-order valence-electron chi connectivity index (χ3n) is 6.41. The monoisotopic (exact) mass is 504 g/mol. The summed E-state index contributed by atoms with van der Waals surface area (Å²) in [6, 6.07) is 13.6. The molecule has 0 aliphatic carbocycles. The maximum absolute atomic E-state index is 13.2. The van der Waals surface area contributed by atoms with Crippen LogP contribution in [0.25, 0.3) is 10.9 Å². The number of ether oxygens (including phenoxy) is 1. The number of amides is 3. The summed E-state index contributed by atoms with van der Waals surface area (Å²) in [4.78, 5) is 68.9. The highest BCUT2D eigenvalue weighted by Crippen LogP contribution is 2.27. The number of ketones is 1. The topological polar surface area (TPSA) is 129 Å². The van der Waals surface area contributed by atoms with Crippen LogP contribution < -0.4 is 5.32 Å². The van der Waals surface area contributed by atoms with Crippen molar-refractivity contribution in [2.75, 3.05) is 32.1 Å². The lowest BCUT2D eigenvalue weighted by atomic mass is 10.1. The average molecular weight is 505 g/mol. The molecule has 2 aromatic carbocycles. The van der Waals surface area contributed by atoms with E-state index in [0.717, 1.165) is 0 Å². The summed E-state index contributed by atoms with van der Waals surface area (Å²) in [5.41, 5.74) is 1.70. The van der Waals surface area contributed by atoms with E-state index in [1.54, 1.807) is 47.4 Å². The van der Waals surface area contributed by atoms with E-state index in [0.29, 0.717) is 35.2 Å². The van der Waals surface area contributed by atoms with Gasteiger partial charge in [0.15, 0.2) is 0 Å². The molecule has 3 aromatic rings.